The minimum atomic E-state index is 0.680. The van der Waals surface area contributed by atoms with Crippen molar-refractivity contribution in [3.8, 4) is 0 Å². The average Bonchev–Trinajstić information content (AvgIpc) is 1.68. The van der Waals surface area contributed by atoms with Crippen LogP contribution in [-0.4, -0.2) is 7.85 Å². The summed E-state index contributed by atoms with van der Waals surface area (Å²) in [6.07, 6.45) is 3.84. The van der Waals surface area contributed by atoms with Gasteiger partial charge in [0.15, 0.2) is 0 Å². The van der Waals surface area contributed by atoms with E-state index < -0.39 is 0 Å². The van der Waals surface area contributed by atoms with Crippen LogP contribution in [0.1, 0.15) is 20.3 Å². The summed E-state index contributed by atoms with van der Waals surface area (Å²) < 4.78 is 0. The van der Waals surface area contributed by atoms with E-state index in [4.69, 9.17) is 7.85 Å². The van der Waals surface area contributed by atoms with E-state index in [-0.39, 0.29) is 0 Å². The predicted molar refractivity (Wildman–Crippen MR) is 34.6 cm³/mol. The van der Waals surface area contributed by atoms with Gasteiger partial charge in [-0.1, -0.05) is 24.9 Å². The summed E-state index contributed by atoms with van der Waals surface area (Å²) in [5.41, 5.74) is 1.38. The van der Waals surface area contributed by atoms with Crippen molar-refractivity contribution in [1.82, 2.24) is 0 Å². The van der Waals surface area contributed by atoms with Crippen LogP contribution in [0.5, 0.6) is 0 Å². The Hall–Kier alpha value is -0.195. The summed E-state index contributed by atoms with van der Waals surface area (Å²) in [7, 11) is 5.23. The molecule has 0 aliphatic carbocycles. The van der Waals surface area contributed by atoms with Crippen molar-refractivity contribution < 1.29 is 0 Å². The molecule has 0 N–H and O–H groups in total. The van der Waals surface area contributed by atoms with Gasteiger partial charge in [0.05, 0.1) is 7.85 Å². The van der Waals surface area contributed by atoms with Crippen molar-refractivity contribution in [2.24, 2.45) is 0 Å². The molecule has 0 unspecified atom stereocenters. The number of rotatable bonds is 2. The third kappa shape index (κ3) is 3.64. The molecule has 0 rings (SSSR count). The Kier molecular flexibility index (Phi) is 3.87. The summed E-state index contributed by atoms with van der Waals surface area (Å²) in [5.74, 6) is 0. The van der Waals surface area contributed by atoms with Crippen LogP contribution in [0.3, 0.4) is 0 Å². The normalized spacial score (nSPS) is 12.0. The molecule has 0 aliphatic heterocycles. The van der Waals surface area contributed by atoms with E-state index in [1.165, 1.54) is 5.57 Å². The Morgan fingerprint density at radius 3 is 2.43 bits per heavy atom. The van der Waals surface area contributed by atoms with Gasteiger partial charge >= 0.3 is 0 Å². The molecule has 0 saturated heterocycles. The fraction of sp³-hybridized carbons (Fsp3) is 0.667. The van der Waals surface area contributed by atoms with Crippen molar-refractivity contribution in [3.05, 3.63) is 11.6 Å². The highest BCUT2D eigenvalue weighted by Crippen LogP contribution is 1.97. The molecule has 0 heterocycles. The van der Waals surface area contributed by atoms with Crippen LogP contribution in [-0.2, 0) is 0 Å². The van der Waals surface area contributed by atoms with Gasteiger partial charge in [-0.25, -0.2) is 0 Å². The fourth-order valence-electron chi connectivity index (χ4n) is 0.346. The minimum absolute atomic E-state index is 0.680. The third-order valence-electron chi connectivity index (χ3n) is 1.02. The third-order valence-corrected chi connectivity index (χ3v) is 1.02. The van der Waals surface area contributed by atoms with Gasteiger partial charge in [0.25, 0.3) is 0 Å². The van der Waals surface area contributed by atoms with Crippen molar-refractivity contribution in [3.63, 3.8) is 0 Å². The highest BCUT2D eigenvalue weighted by Gasteiger charge is 1.76. The monoisotopic (exact) mass is 94.1 g/mol. The maximum atomic E-state index is 5.23. The Morgan fingerprint density at radius 2 is 2.29 bits per heavy atom. The predicted octanol–water partition coefficient (Wildman–Crippen LogP) is 1.93. The van der Waals surface area contributed by atoms with Gasteiger partial charge in [-0.05, 0) is 13.3 Å². The Balaban J connectivity index is 3.29. The molecule has 0 saturated carbocycles. The first kappa shape index (κ1) is 6.80. The highest BCUT2D eigenvalue weighted by atomic mass is 13.8. The lowest BCUT2D eigenvalue weighted by Gasteiger charge is -1.88. The van der Waals surface area contributed by atoms with E-state index in [0.29, 0.717) is 6.32 Å². The zero-order valence-electron chi connectivity index (χ0n) is 5.07. The molecule has 0 bridgehead atoms. The molecular weight excluding hydrogens is 82.9 g/mol. The van der Waals surface area contributed by atoms with Crippen LogP contribution in [0.2, 0.25) is 6.32 Å². The van der Waals surface area contributed by atoms with Crippen molar-refractivity contribution in [1.29, 1.82) is 0 Å². The van der Waals surface area contributed by atoms with Crippen molar-refractivity contribution in [2.45, 2.75) is 26.6 Å². The van der Waals surface area contributed by atoms with Gasteiger partial charge in [-0.2, -0.15) is 0 Å². The first-order chi connectivity index (χ1) is 3.31. The van der Waals surface area contributed by atoms with Crippen molar-refractivity contribution >= 4 is 7.85 Å². The number of hydrogen-bond donors (Lipinski definition) is 0. The molecule has 0 spiro atoms. The molecular formula is C6H11B. The second-order valence-electron chi connectivity index (χ2n) is 1.64. The maximum Gasteiger partial charge on any atom is 0.0708 e. The molecule has 0 aromatic rings. The van der Waals surface area contributed by atoms with E-state index >= 15 is 0 Å². The van der Waals surface area contributed by atoms with Crippen LogP contribution >= 0.6 is 0 Å². The van der Waals surface area contributed by atoms with Gasteiger partial charge in [0.2, 0.25) is 0 Å². The van der Waals surface area contributed by atoms with E-state index in [1.54, 1.807) is 0 Å². The van der Waals surface area contributed by atoms with Gasteiger partial charge in [-0.3, -0.25) is 0 Å². The van der Waals surface area contributed by atoms with Crippen LogP contribution < -0.4 is 0 Å². The standard InChI is InChI=1S/C6H11B/c1-3-6(2)4-5-7/h4H,3,5H2,1-2H3. The second kappa shape index (κ2) is 3.98. The maximum absolute atomic E-state index is 5.23. The molecule has 0 aromatic carbocycles. The molecule has 0 amide bonds. The van der Waals surface area contributed by atoms with E-state index in [2.05, 4.69) is 13.8 Å². The van der Waals surface area contributed by atoms with Crippen LogP contribution in [0.4, 0.5) is 0 Å². The van der Waals surface area contributed by atoms with Crippen LogP contribution in [0.15, 0.2) is 11.6 Å². The quantitative estimate of drug-likeness (QED) is 0.362. The van der Waals surface area contributed by atoms with E-state index in [0.717, 1.165) is 6.42 Å². The average molecular weight is 94.0 g/mol. The lowest BCUT2D eigenvalue weighted by Crippen LogP contribution is -1.69. The van der Waals surface area contributed by atoms with Crippen molar-refractivity contribution in [2.75, 3.05) is 0 Å². The Bertz CT molecular complexity index is 64.6. The van der Waals surface area contributed by atoms with E-state index in [1.807, 2.05) is 6.08 Å². The molecule has 0 fully saturated rings. The van der Waals surface area contributed by atoms with E-state index in [9.17, 15) is 0 Å². The molecule has 2 radical (unpaired) electrons. The molecule has 0 aliphatic rings. The highest BCUT2D eigenvalue weighted by molar-refractivity contribution is 6.09. The Labute approximate surface area is 47.0 Å². The lowest BCUT2D eigenvalue weighted by molar-refractivity contribution is 1.09. The molecule has 38 valence electrons. The second-order valence-corrected chi connectivity index (χ2v) is 1.64. The lowest BCUT2D eigenvalue weighted by atomic mass is 10.0. The zero-order chi connectivity index (χ0) is 5.70. The molecule has 0 aromatic heterocycles. The van der Waals surface area contributed by atoms with Gasteiger partial charge in [0.1, 0.15) is 0 Å². The number of hydrogen-bond acceptors (Lipinski definition) is 0. The summed E-state index contributed by atoms with van der Waals surface area (Å²) >= 11 is 0. The topological polar surface area (TPSA) is 0 Å². The Morgan fingerprint density at radius 1 is 1.71 bits per heavy atom. The summed E-state index contributed by atoms with van der Waals surface area (Å²) in [6.45, 7) is 4.22. The van der Waals surface area contributed by atoms with Gasteiger partial charge in [0, 0.05) is 0 Å². The largest absolute Gasteiger partial charge is 0.0942 e. The molecule has 0 atom stereocenters. The van der Waals surface area contributed by atoms with Gasteiger partial charge < -0.3 is 0 Å². The molecule has 7 heavy (non-hydrogen) atoms. The fourth-order valence-corrected chi connectivity index (χ4v) is 0.346. The SMILES string of the molecule is [B]CC=C(C)CC. The molecule has 1 heteroatoms. The summed E-state index contributed by atoms with van der Waals surface area (Å²) in [5, 5.41) is 0. The first-order valence-electron chi connectivity index (χ1n) is 2.67. The molecule has 0 nitrogen and oxygen atoms in total. The first-order valence-corrected chi connectivity index (χ1v) is 2.67. The van der Waals surface area contributed by atoms with Crippen LogP contribution in [0, 0.1) is 0 Å². The number of allylic oxidation sites excluding steroid dienone is 2. The summed E-state index contributed by atoms with van der Waals surface area (Å²) in [4.78, 5) is 0. The van der Waals surface area contributed by atoms with Gasteiger partial charge in [-0.15, -0.1) is 0 Å². The minimum Gasteiger partial charge on any atom is -0.0942 e. The van der Waals surface area contributed by atoms with Crippen LogP contribution in [0.25, 0.3) is 0 Å². The summed E-state index contributed by atoms with van der Waals surface area (Å²) in [6, 6.07) is 0. The zero-order valence-corrected chi connectivity index (χ0v) is 5.07. The smallest absolute Gasteiger partial charge is 0.0708 e.